The maximum absolute atomic E-state index is 13.3. The van der Waals surface area contributed by atoms with Crippen LogP contribution in [0.25, 0.3) is 0 Å². The lowest BCUT2D eigenvalue weighted by molar-refractivity contribution is 0.405. The number of methoxy groups -OCH3 is 1. The van der Waals surface area contributed by atoms with Gasteiger partial charge in [0.05, 0.1) is 16.5 Å². The predicted octanol–water partition coefficient (Wildman–Crippen LogP) is 4.33. The number of hydrogen-bond donors (Lipinski definition) is 1. The lowest BCUT2D eigenvalue weighted by Gasteiger charge is -2.10. The SMILES string of the molecule is COc1ccccc1Sc1cc(Br)c(F)cc1N. The Hall–Kier alpha value is -1.20. The van der Waals surface area contributed by atoms with Crippen LogP contribution in [0, 0.1) is 5.82 Å². The zero-order valence-corrected chi connectivity index (χ0v) is 12.0. The van der Waals surface area contributed by atoms with Gasteiger partial charge in [-0.25, -0.2) is 4.39 Å². The van der Waals surface area contributed by atoms with Crippen molar-refractivity contribution >= 4 is 33.4 Å². The van der Waals surface area contributed by atoms with Crippen molar-refractivity contribution in [1.82, 2.24) is 0 Å². The Morgan fingerprint density at radius 2 is 1.94 bits per heavy atom. The topological polar surface area (TPSA) is 35.2 Å². The Morgan fingerprint density at radius 3 is 2.67 bits per heavy atom. The average Bonchev–Trinajstić information content (AvgIpc) is 2.36. The van der Waals surface area contributed by atoms with E-state index in [9.17, 15) is 4.39 Å². The summed E-state index contributed by atoms with van der Waals surface area (Å²) in [6.07, 6.45) is 0. The summed E-state index contributed by atoms with van der Waals surface area (Å²) in [5, 5.41) is 0. The highest BCUT2D eigenvalue weighted by atomic mass is 79.9. The molecule has 2 nitrogen and oxygen atoms in total. The van der Waals surface area contributed by atoms with Gasteiger partial charge in [0, 0.05) is 10.6 Å². The highest BCUT2D eigenvalue weighted by Gasteiger charge is 2.10. The van der Waals surface area contributed by atoms with Crippen molar-refractivity contribution in [1.29, 1.82) is 0 Å². The number of ether oxygens (including phenoxy) is 1. The van der Waals surface area contributed by atoms with Gasteiger partial charge in [-0.1, -0.05) is 23.9 Å². The Bertz CT molecular complexity index is 577. The number of para-hydroxylation sites is 1. The van der Waals surface area contributed by atoms with Gasteiger partial charge in [-0.2, -0.15) is 0 Å². The molecule has 0 fully saturated rings. The third kappa shape index (κ3) is 2.79. The standard InChI is InChI=1S/C13H11BrFNOS/c1-17-11-4-2-3-5-12(11)18-13-6-8(14)9(15)7-10(13)16/h2-7H,16H2,1H3. The van der Waals surface area contributed by atoms with Gasteiger partial charge in [0.15, 0.2) is 0 Å². The first-order valence-electron chi connectivity index (χ1n) is 5.17. The first kappa shape index (κ1) is 13.2. The van der Waals surface area contributed by atoms with Gasteiger partial charge in [-0.15, -0.1) is 0 Å². The van der Waals surface area contributed by atoms with E-state index in [1.165, 1.54) is 17.8 Å². The maximum Gasteiger partial charge on any atom is 0.139 e. The second-order valence-corrected chi connectivity index (χ2v) is 5.50. The molecule has 2 N–H and O–H groups in total. The summed E-state index contributed by atoms with van der Waals surface area (Å²) in [5.74, 6) is 0.402. The van der Waals surface area contributed by atoms with Crippen molar-refractivity contribution in [3.05, 3.63) is 46.7 Å². The van der Waals surface area contributed by atoms with Crippen LogP contribution in [0.4, 0.5) is 10.1 Å². The molecule has 0 saturated carbocycles. The summed E-state index contributed by atoms with van der Waals surface area (Å²) < 4.78 is 18.9. The largest absolute Gasteiger partial charge is 0.496 e. The van der Waals surface area contributed by atoms with Crippen molar-refractivity contribution < 1.29 is 9.13 Å². The molecule has 2 aromatic rings. The molecule has 0 saturated heterocycles. The number of rotatable bonds is 3. The monoisotopic (exact) mass is 327 g/mol. The van der Waals surface area contributed by atoms with Crippen molar-refractivity contribution in [3.8, 4) is 5.75 Å². The Kier molecular flexibility index (Phi) is 4.14. The van der Waals surface area contributed by atoms with E-state index >= 15 is 0 Å². The summed E-state index contributed by atoms with van der Waals surface area (Å²) in [5.41, 5.74) is 6.22. The van der Waals surface area contributed by atoms with Crippen molar-refractivity contribution in [2.75, 3.05) is 12.8 Å². The first-order chi connectivity index (χ1) is 8.61. The minimum atomic E-state index is -0.364. The molecular weight excluding hydrogens is 317 g/mol. The molecule has 0 unspecified atom stereocenters. The fourth-order valence-electron chi connectivity index (χ4n) is 1.45. The molecule has 2 rings (SSSR count). The molecular formula is C13H11BrFNOS. The highest BCUT2D eigenvalue weighted by molar-refractivity contribution is 9.10. The van der Waals surface area contributed by atoms with Crippen LogP contribution in [-0.4, -0.2) is 7.11 Å². The molecule has 0 heterocycles. The molecule has 0 aromatic heterocycles. The van der Waals surface area contributed by atoms with E-state index in [1.54, 1.807) is 13.2 Å². The lowest BCUT2D eigenvalue weighted by Crippen LogP contribution is -1.92. The number of nitrogens with two attached hydrogens (primary N) is 1. The summed E-state index contributed by atoms with van der Waals surface area (Å²) >= 11 is 4.60. The number of anilines is 1. The molecule has 0 spiro atoms. The normalized spacial score (nSPS) is 10.4. The summed E-state index contributed by atoms with van der Waals surface area (Å²) in [7, 11) is 1.61. The molecule has 0 atom stereocenters. The van der Waals surface area contributed by atoms with Crippen molar-refractivity contribution in [2.45, 2.75) is 9.79 Å². The van der Waals surface area contributed by atoms with Gasteiger partial charge in [-0.3, -0.25) is 0 Å². The van der Waals surface area contributed by atoms with Crippen LogP contribution in [0.3, 0.4) is 0 Å². The van der Waals surface area contributed by atoms with Crippen LogP contribution in [0.5, 0.6) is 5.75 Å². The number of nitrogen functional groups attached to an aromatic ring is 1. The number of benzene rings is 2. The quantitative estimate of drug-likeness (QED) is 0.852. The molecule has 0 aliphatic heterocycles. The van der Waals surface area contributed by atoms with Crippen LogP contribution < -0.4 is 10.5 Å². The minimum absolute atomic E-state index is 0.364. The van der Waals surface area contributed by atoms with E-state index in [4.69, 9.17) is 10.5 Å². The van der Waals surface area contributed by atoms with Crippen LogP contribution in [0.15, 0.2) is 50.7 Å². The highest BCUT2D eigenvalue weighted by Crippen LogP contribution is 2.39. The zero-order chi connectivity index (χ0) is 13.1. The number of hydrogen-bond acceptors (Lipinski definition) is 3. The first-order valence-corrected chi connectivity index (χ1v) is 6.78. The zero-order valence-electron chi connectivity index (χ0n) is 9.61. The summed E-state index contributed by atoms with van der Waals surface area (Å²) in [6.45, 7) is 0. The van der Waals surface area contributed by atoms with E-state index in [2.05, 4.69) is 15.9 Å². The van der Waals surface area contributed by atoms with Gasteiger partial charge in [0.1, 0.15) is 11.6 Å². The summed E-state index contributed by atoms with van der Waals surface area (Å²) in [6, 6.07) is 10.6. The van der Waals surface area contributed by atoms with E-state index in [1.807, 2.05) is 24.3 Å². The molecule has 0 radical (unpaired) electrons. The average molecular weight is 328 g/mol. The molecule has 0 bridgehead atoms. The van der Waals surface area contributed by atoms with Crippen LogP contribution in [0.2, 0.25) is 0 Å². The van der Waals surface area contributed by atoms with E-state index in [0.29, 0.717) is 10.2 Å². The second kappa shape index (κ2) is 5.63. The maximum atomic E-state index is 13.3. The van der Waals surface area contributed by atoms with Gasteiger partial charge in [0.25, 0.3) is 0 Å². The molecule has 0 aliphatic carbocycles. The molecule has 5 heteroatoms. The summed E-state index contributed by atoms with van der Waals surface area (Å²) in [4.78, 5) is 1.72. The van der Waals surface area contributed by atoms with Crippen molar-refractivity contribution in [3.63, 3.8) is 0 Å². The smallest absolute Gasteiger partial charge is 0.139 e. The Balaban J connectivity index is 2.37. The second-order valence-electron chi connectivity index (χ2n) is 3.56. The molecule has 0 aliphatic rings. The molecule has 18 heavy (non-hydrogen) atoms. The van der Waals surface area contributed by atoms with Gasteiger partial charge >= 0.3 is 0 Å². The molecule has 0 amide bonds. The fourth-order valence-corrected chi connectivity index (χ4v) is 2.94. The minimum Gasteiger partial charge on any atom is -0.496 e. The third-order valence-corrected chi connectivity index (χ3v) is 4.08. The van der Waals surface area contributed by atoms with Gasteiger partial charge < -0.3 is 10.5 Å². The van der Waals surface area contributed by atoms with Crippen LogP contribution in [0.1, 0.15) is 0 Å². The van der Waals surface area contributed by atoms with E-state index in [0.717, 1.165) is 15.5 Å². The van der Waals surface area contributed by atoms with Gasteiger partial charge in [-0.05, 0) is 40.2 Å². The Labute approximate surface area is 117 Å². The lowest BCUT2D eigenvalue weighted by atomic mass is 10.3. The molecule has 2 aromatic carbocycles. The van der Waals surface area contributed by atoms with Crippen LogP contribution in [-0.2, 0) is 0 Å². The predicted molar refractivity (Wildman–Crippen MR) is 75.6 cm³/mol. The van der Waals surface area contributed by atoms with E-state index < -0.39 is 0 Å². The fraction of sp³-hybridized carbons (Fsp3) is 0.0769. The molecule has 94 valence electrons. The Morgan fingerprint density at radius 1 is 1.22 bits per heavy atom. The van der Waals surface area contributed by atoms with Gasteiger partial charge in [0.2, 0.25) is 0 Å². The third-order valence-electron chi connectivity index (χ3n) is 2.34. The van der Waals surface area contributed by atoms with Crippen molar-refractivity contribution in [2.24, 2.45) is 0 Å². The van der Waals surface area contributed by atoms with Crippen LogP contribution >= 0.6 is 27.7 Å². The number of halogens is 2. The van der Waals surface area contributed by atoms with E-state index in [-0.39, 0.29) is 5.82 Å².